The second-order valence-electron chi connectivity index (χ2n) is 28.5. The minimum atomic E-state index is -1.28. The van der Waals surface area contributed by atoms with Crippen molar-refractivity contribution in [2.45, 2.75) is 118 Å². The Morgan fingerprint density at radius 3 is 1.07 bits per heavy atom. The molecule has 15 rings (SSSR count). The number of aliphatic hydroxyl groups excluding tert-OH is 1. The predicted octanol–water partition coefficient (Wildman–Crippen LogP) is 17.2. The highest BCUT2D eigenvalue weighted by molar-refractivity contribution is 5.92. The van der Waals surface area contributed by atoms with Crippen molar-refractivity contribution in [2.24, 2.45) is 0 Å². The number of carbonyl (C=O) groups is 4. The zero-order valence-electron chi connectivity index (χ0n) is 68.1. The van der Waals surface area contributed by atoms with Gasteiger partial charge in [0.2, 0.25) is 0 Å². The number of fused-ring (bicyclic) bond motifs is 6. The summed E-state index contributed by atoms with van der Waals surface area (Å²) < 4.78 is 70.3. The Morgan fingerprint density at radius 2 is 0.725 bits per heavy atom. The summed E-state index contributed by atoms with van der Waals surface area (Å²) in [6.45, 7) is 12.7. The van der Waals surface area contributed by atoms with Crippen molar-refractivity contribution < 1.29 is 91.1 Å². The Kier molecular flexibility index (Phi) is 31.4. The predicted molar refractivity (Wildman–Crippen MR) is 458 cm³/mol. The average Bonchev–Trinajstić information content (AvgIpc) is 0.774. The Balaban J connectivity index is 0.000000201. The van der Waals surface area contributed by atoms with E-state index in [1.54, 1.807) is 33.3 Å². The number of carboxylic acids is 1. The van der Waals surface area contributed by atoms with E-state index in [4.69, 9.17) is 52.1 Å². The van der Waals surface area contributed by atoms with Crippen LogP contribution in [0.1, 0.15) is 132 Å². The summed E-state index contributed by atoms with van der Waals surface area (Å²) in [5.74, 6) is 3.49. The van der Waals surface area contributed by atoms with Gasteiger partial charge in [-0.15, -0.1) is 0 Å². The summed E-state index contributed by atoms with van der Waals surface area (Å²) >= 11 is 0. The molecule has 0 saturated carbocycles. The van der Waals surface area contributed by atoms with Crippen LogP contribution in [0, 0.1) is 0 Å². The van der Waals surface area contributed by atoms with Gasteiger partial charge in [-0.1, -0.05) is 195 Å². The molecule has 0 aliphatic carbocycles. The molecule has 3 heterocycles. The first-order chi connectivity index (χ1) is 58.1. The van der Waals surface area contributed by atoms with Gasteiger partial charge < -0.3 is 76.7 Å². The minimum absolute atomic E-state index is 0. The molecule has 3 aliphatic rings. The average molecular weight is 1620 g/mol. The van der Waals surface area contributed by atoms with E-state index in [0.29, 0.717) is 45.4 Å². The monoisotopic (exact) mass is 1620 g/mol. The molecule has 0 amide bonds. The van der Waals surface area contributed by atoms with Gasteiger partial charge in [0.05, 0.1) is 87.2 Å². The van der Waals surface area contributed by atoms with E-state index in [9.17, 15) is 29.4 Å². The second kappa shape index (κ2) is 42.9. The van der Waals surface area contributed by atoms with Gasteiger partial charge in [-0.3, -0.25) is 14.4 Å². The molecule has 19 heteroatoms. The lowest BCUT2D eigenvalue weighted by atomic mass is 9.80. The van der Waals surface area contributed by atoms with Crippen LogP contribution in [-0.4, -0.2) is 77.1 Å². The topological polar surface area (TPSA) is 227 Å². The van der Waals surface area contributed by atoms with Crippen LogP contribution in [0.3, 0.4) is 0 Å². The van der Waals surface area contributed by atoms with Crippen LogP contribution in [0.2, 0.25) is 0 Å². The number of aliphatic hydroxyl groups is 1. The third-order valence-corrected chi connectivity index (χ3v) is 21.0. The largest absolute Gasteiger partial charge is 0.550 e. The molecule has 2 N–H and O–H groups in total. The van der Waals surface area contributed by atoms with Crippen molar-refractivity contribution in [3.63, 3.8) is 0 Å². The van der Waals surface area contributed by atoms with Gasteiger partial charge in [0, 0.05) is 28.2 Å². The van der Waals surface area contributed by atoms with Crippen LogP contribution in [-0.2, 0) is 102 Å². The van der Waals surface area contributed by atoms with E-state index in [1.807, 2.05) is 188 Å². The molecule has 0 radical (unpaired) electrons. The third-order valence-electron chi connectivity index (χ3n) is 21.0. The van der Waals surface area contributed by atoms with E-state index in [2.05, 4.69) is 117 Å². The van der Waals surface area contributed by atoms with Crippen LogP contribution >= 0.6 is 0 Å². The highest BCUT2D eigenvalue weighted by Crippen LogP contribution is 2.47. The lowest BCUT2D eigenvalue weighted by Crippen LogP contribution is -3.11. The fraction of sp³-hybridized carbons (Fsp3) is 0.248. The number of esters is 3. The molecule has 1 saturated heterocycles. The van der Waals surface area contributed by atoms with Crippen molar-refractivity contribution in [1.82, 2.24) is 0 Å². The fourth-order valence-electron chi connectivity index (χ4n) is 14.5. The Hall–Kier alpha value is -13.0. The summed E-state index contributed by atoms with van der Waals surface area (Å²) in [5, 5.41) is 20.0. The smallest absolute Gasteiger partial charge is 0.314 e. The number of ether oxygens (including phenoxy) is 12. The van der Waals surface area contributed by atoms with Gasteiger partial charge in [0.25, 0.3) is 0 Å². The molecule has 120 heavy (non-hydrogen) atoms. The highest BCUT2D eigenvalue weighted by Gasteiger charge is 2.40. The Bertz CT molecular complexity index is 5230. The zero-order chi connectivity index (χ0) is 83.5. The third kappa shape index (κ3) is 22.2. The minimum Gasteiger partial charge on any atom is -0.550 e. The number of carbonyl (C=O) groups excluding carboxylic acids is 4. The molecule has 19 nitrogen and oxygen atoms in total. The molecule has 12 aromatic carbocycles. The van der Waals surface area contributed by atoms with E-state index in [-0.39, 0.29) is 46.3 Å². The highest BCUT2D eigenvalue weighted by atomic mass is 16.6. The van der Waals surface area contributed by atoms with Crippen molar-refractivity contribution in [2.75, 3.05) is 48.1 Å². The van der Waals surface area contributed by atoms with Crippen LogP contribution < -0.4 is 47.9 Å². The van der Waals surface area contributed by atoms with E-state index in [1.165, 1.54) is 19.6 Å². The van der Waals surface area contributed by atoms with Gasteiger partial charge in [-0.25, -0.2) is 0 Å². The van der Waals surface area contributed by atoms with Crippen LogP contribution in [0.4, 0.5) is 0 Å². The molecule has 0 spiro atoms. The first-order valence-electron chi connectivity index (χ1n) is 39.8. The number of methoxy groups -OCH3 is 4. The van der Waals surface area contributed by atoms with Crippen molar-refractivity contribution in [3.05, 3.63) is 357 Å². The summed E-state index contributed by atoms with van der Waals surface area (Å²) in [4.78, 5) is 44.1. The summed E-state index contributed by atoms with van der Waals surface area (Å²) in [6.07, 6.45) is -0.0645. The van der Waals surface area contributed by atoms with E-state index < -0.39 is 35.1 Å². The molecule has 12 aromatic rings. The molecule has 620 valence electrons. The maximum atomic E-state index is 11.8. The molecule has 3 aliphatic heterocycles. The van der Waals surface area contributed by atoms with Crippen molar-refractivity contribution in [3.8, 4) is 68.2 Å². The number of rotatable bonds is 31. The van der Waals surface area contributed by atoms with Crippen LogP contribution in [0.25, 0.3) is 22.3 Å². The number of hydrogen-bond donors (Lipinski definition) is 2. The summed E-state index contributed by atoms with van der Waals surface area (Å²) in [5.41, 5.74) is 15.8. The first kappa shape index (κ1) is 87.8. The lowest BCUT2D eigenvalue weighted by Gasteiger charge is -2.36. The van der Waals surface area contributed by atoms with Crippen molar-refractivity contribution in [1.29, 1.82) is 0 Å². The number of quaternary nitrogens is 1. The fourth-order valence-corrected chi connectivity index (χ4v) is 14.5. The lowest BCUT2D eigenvalue weighted by molar-refractivity contribution is -0.894. The number of nitrogens with one attached hydrogen (secondary N) is 1. The number of benzene rings is 12. The molecule has 0 aromatic heterocycles. The standard InChI is InChI=1S/C47H42O9.C43H38O6.C6H15N.C4H4O3.CH4/c1-51-39-16-12-37(13-17-39)47(36-9-4-3-5-10-36,38-14-18-40(52-2)19-15-38)56-30-34-11-21-43-42-22-20-41(27-35(42)31-54-44(43)26-34)53-28-32-7-6-8-33(25-32)29-55-46(50)24-23-45(48)49;1-45-37-16-12-35(13-17-37)43(34-9-4-3-5-10-34,36-14-18-38(46-2)19-15-36)49-28-32-11-21-41-40-22-20-39(25-33(40)29-48-42(41)24-32)47-27-31-8-6-7-30(23-31)26-44;1-4-7(5-2)6-3;5-3-1-2-4(6)7-3;/h3-22,25-27H,23-24,28-31H2,1-2H3,(H,48,49);3-25,44H,26-29H2,1-2H3;4-6H2,1-3H3;1-2H2;1H4. The zero-order valence-corrected chi connectivity index (χ0v) is 68.1. The number of hydrogen-bond acceptors (Lipinski definition) is 18. The van der Waals surface area contributed by atoms with Gasteiger partial charge in [-0.05, 0) is 196 Å². The number of carboxylic acid groups (broad SMARTS) is 1. The number of aliphatic carboxylic acids is 1. The van der Waals surface area contributed by atoms with E-state index in [0.717, 1.165) is 140 Å². The van der Waals surface area contributed by atoms with Gasteiger partial charge >= 0.3 is 17.9 Å². The normalized spacial score (nSPS) is 12.1. The Labute approximate surface area is 702 Å². The maximum absolute atomic E-state index is 11.8. The number of cyclic esters (lactones) is 2. The quantitative estimate of drug-likeness (QED) is 0.0234. The van der Waals surface area contributed by atoms with Gasteiger partial charge in [-0.2, -0.15) is 0 Å². The second-order valence-corrected chi connectivity index (χ2v) is 28.5. The maximum Gasteiger partial charge on any atom is 0.314 e. The summed E-state index contributed by atoms with van der Waals surface area (Å²) in [7, 11) is 6.65. The SMILES string of the molecule is C.CC[NH+](CC)CC.COc1ccc(C(OCc2ccc3c(c2)OCc2cc(OCc4cccc(CO)c4)ccc2-3)(c2ccccc2)c2ccc(OC)cc2)cc1.COc1ccc(C(OCc2ccc3c(c2)OCc2cc(OCc4cccc(COC(=O)CCC(=O)[O-])c4)ccc2-3)(c2ccccc2)c2ccc(OC)cc2)cc1.O=C1CCC(=O)O1. The molecule has 0 bridgehead atoms. The van der Waals surface area contributed by atoms with Gasteiger partial charge in [0.15, 0.2) is 0 Å². The molecule has 0 atom stereocenters. The first-order valence-corrected chi connectivity index (χ1v) is 39.8. The van der Waals surface area contributed by atoms with Gasteiger partial charge in [0.1, 0.15) is 90.2 Å². The molecular weight excluding hydrogens is 1520 g/mol. The molecular formula is C101H103NO18. The molecule has 0 unspecified atom stereocenters. The van der Waals surface area contributed by atoms with Crippen LogP contribution in [0.5, 0.6) is 46.0 Å². The van der Waals surface area contributed by atoms with Crippen molar-refractivity contribution >= 4 is 23.9 Å². The molecule has 1 fully saturated rings. The Morgan fingerprint density at radius 1 is 0.383 bits per heavy atom. The van der Waals surface area contributed by atoms with E-state index >= 15 is 0 Å². The van der Waals surface area contributed by atoms with Crippen LogP contribution in [0.15, 0.2) is 279 Å². The summed E-state index contributed by atoms with van der Waals surface area (Å²) in [6, 6.07) is 92.6.